The van der Waals surface area contributed by atoms with Crippen molar-refractivity contribution in [2.45, 2.75) is 57.2 Å². The average molecular weight is 562 g/mol. The summed E-state index contributed by atoms with van der Waals surface area (Å²) in [5, 5.41) is 10.5. The van der Waals surface area contributed by atoms with Gasteiger partial charge in [-0.15, -0.1) is 0 Å². The lowest BCUT2D eigenvalue weighted by Crippen LogP contribution is -2.49. The molecule has 0 spiro atoms. The van der Waals surface area contributed by atoms with E-state index in [4.69, 9.17) is 11.6 Å². The molecule has 2 aromatic rings. The van der Waals surface area contributed by atoms with Gasteiger partial charge >= 0.3 is 0 Å². The standard InChI is InChI=1S/C26H26ClF2N5O5/c1-12-8-14(24(37)31-12)10-19(21(35)26(39)32-16-3-4-16)34-25(38)17-11-15(27)2-5-18(17)33-23(36)13-6-7-30-20(9-13)22(28)29/h2,5-7,9,11-12,14,16,19,22H,3-4,8,10H2,1H3,(H,31,37)(H,32,39)(H,33,36)(H,34,38)/t12-,14+,19+/m1/s1. The van der Waals surface area contributed by atoms with Gasteiger partial charge in [-0.25, -0.2) is 8.78 Å². The van der Waals surface area contributed by atoms with Crippen LogP contribution in [-0.2, 0) is 14.4 Å². The summed E-state index contributed by atoms with van der Waals surface area (Å²) in [6, 6.07) is 4.61. The molecule has 0 radical (unpaired) electrons. The molecule has 1 saturated carbocycles. The van der Waals surface area contributed by atoms with Crippen molar-refractivity contribution in [1.82, 2.24) is 20.9 Å². The summed E-state index contributed by atoms with van der Waals surface area (Å²) in [5.41, 5.74) is -0.859. The number of nitrogens with one attached hydrogen (secondary N) is 4. The molecule has 2 aliphatic rings. The molecule has 2 fully saturated rings. The largest absolute Gasteiger partial charge is 0.353 e. The van der Waals surface area contributed by atoms with Crippen LogP contribution in [0.2, 0.25) is 5.02 Å². The molecule has 1 aliphatic carbocycles. The number of rotatable bonds is 10. The second-order valence-corrected chi connectivity index (χ2v) is 10.1. The normalized spacial score (nSPS) is 19.3. The molecule has 0 bridgehead atoms. The lowest BCUT2D eigenvalue weighted by Gasteiger charge is -2.21. The van der Waals surface area contributed by atoms with Gasteiger partial charge in [0, 0.05) is 34.8 Å². The van der Waals surface area contributed by atoms with E-state index in [1.54, 1.807) is 6.92 Å². The quantitative estimate of drug-likeness (QED) is 0.328. The van der Waals surface area contributed by atoms with Crippen LogP contribution in [0.1, 0.15) is 65.4 Å². The molecule has 1 aromatic carbocycles. The zero-order chi connectivity index (χ0) is 28.3. The van der Waals surface area contributed by atoms with Crippen LogP contribution in [0.5, 0.6) is 0 Å². The third kappa shape index (κ3) is 7.14. The van der Waals surface area contributed by atoms with Gasteiger partial charge in [-0.2, -0.15) is 0 Å². The number of Topliss-reactive ketones (excluding diaryl/α,β-unsaturated/α-hetero) is 1. The van der Waals surface area contributed by atoms with Gasteiger partial charge in [0.05, 0.1) is 17.3 Å². The maximum atomic E-state index is 13.4. The van der Waals surface area contributed by atoms with Crippen LogP contribution in [-0.4, -0.2) is 52.5 Å². The van der Waals surface area contributed by atoms with Gasteiger partial charge < -0.3 is 21.3 Å². The van der Waals surface area contributed by atoms with E-state index in [0.29, 0.717) is 6.42 Å². The Morgan fingerprint density at radius 1 is 1.13 bits per heavy atom. The summed E-state index contributed by atoms with van der Waals surface area (Å²) < 4.78 is 26.0. The molecular weight excluding hydrogens is 536 g/mol. The first-order valence-corrected chi connectivity index (χ1v) is 12.7. The number of halogens is 3. The molecule has 1 saturated heterocycles. The molecule has 1 aliphatic heterocycles. The van der Waals surface area contributed by atoms with Crippen molar-refractivity contribution in [3.63, 3.8) is 0 Å². The van der Waals surface area contributed by atoms with Gasteiger partial charge in [-0.05, 0) is 62.9 Å². The van der Waals surface area contributed by atoms with Crippen molar-refractivity contribution in [1.29, 1.82) is 0 Å². The van der Waals surface area contributed by atoms with Crippen molar-refractivity contribution < 1.29 is 32.8 Å². The van der Waals surface area contributed by atoms with Gasteiger partial charge in [0.2, 0.25) is 11.7 Å². The topological polar surface area (TPSA) is 146 Å². The molecule has 10 nitrogen and oxygen atoms in total. The number of anilines is 1. The molecule has 1 aromatic heterocycles. The number of alkyl halides is 2. The smallest absolute Gasteiger partial charge is 0.289 e. The van der Waals surface area contributed by atoms with Crippen LogP contribution in [0.15, 0.2) is 36.5 Å². The highest BCUT2D eigenvalue weighted by Crippen LogP contribution is 2.25. The molecule has 4 N–H and O–H groups in total. The fourth-order valence-electron chi connectivity index (χ4n) is 4.27. The summed E-state index contributed by atoms with van der Waals surface area (Å²) in [6.45, 7) is 1.81. The Morgan fingerprint density at radius 2 is 1.87 bits per heavy atom. The maximum Gasteiger partial charge on any atom is 0.289 e. The van der Waals surface area contributed by atoms with Crippen molar-refractivity contribution in [3.8, 4) is 0 Å². The molecule has 4 amide bonds. The average Bonchev–Trinajstić information content (AvgIpc) is 3.65. The highest BCUT2D eigenvalue weighted by atomic mass is 35.5. The molecule has 13 heteroatoms. The Hall–Kier alpha value is -3.93. The van der Waals surface area contributed by atoms with Gasteiger partial charge in [-0.1, -0.05) is 11.6 Å². The first-order chi connectivity index (χ1) is 18.5. The minimum Gasteiger partial charge on any atom is -0.353 e. The molecule has 0 unspecified atom stereocenters. The molecule has 206 valence electrons. The minimum absolute atomic E-state index is 0.0156. The van der Waals surface area contributed by atoms with Gasteiger partial charge in [-0.3, -0.25) is 29.0 Å². The van der Waals surface area contributed by atoms with Gasteiger partial charge in [0.25, 0.3) is 24.1 Å². The van der Waals surface area contributed by atoms with E-state index in [1.165, 1.54) is 24.3 Å². The van der Waals surface area contributed by atoms with Crippen molar-refractivity contribution in [3.05, 3.63) is 58.4 Å². The van der Waals surface area contributed by atoms with Crippen molar-refractivity contribution in [2.75, 3.05) is 5.32 Å². The molecule has 39 heavy (non-hydrogen) atoms. The molecule has 4 rings (SSSR count). The van der Waals surface area contributed by atoms with Gasteiger partial charge in [0.1, 0.15) is 5.69 Å². The lowest BCUT2D eigenvalue weighted by molar-refractivity contribution is -0.139. The summed E-state index contributed by atoms with van der Waals surface area (Å²) >= 11 is 6.09. The van der Waals surface area contributed by atoms with E-state index >= 15 is 0 Å². The molecular formula is C26H26ClF2N5O5. The maximum absolute atomic E-state index is 13.4. The predicted molar refractivity (Wildman–Crippen MR) is 136 cm³/mol. The number of hydrogen-bond donors (Lipinski definition) is 4. The predicted octanol–water partition coefficient (Wildman–Crippen LogP) is 2.79. The van der Waals surface area contributed by atoms with Crippen LogP contribution < -0.4 is 21.3 Å². The van der Waals surface area contributed by atoms with Gasteiger partial charge in [0.15, 0.2) is 0 Å². The van der Waals surface area contributed by atoms with E-state index in [9.17, 15) is 32.8 Å². The SMILES string of the molecule is C[C@@H]1C[C@@H](C[C@H](NC(=O)c2cc(Cl)ccc2NC(=O)c2ccnc(C(F)F)c2)C(=O)C(=O)NC2CC2)C(=O)N1. The third-order valence-electron chi connectivity index (χ3n) is 6.42. The van der Waals surface area contributed by atoms with E-state index in [2.05, 4.69) is 26.3 Å². The number of nitrogens with zero attached hydrogens (tertiary/aromatic N) is 1. The van der Waals surface area contributed by atoms with Crippen LogP contribution >= 0.6 is 11.6 Å². The number of carbonyl (C=O) groups excluding carboxylic acids is 5. The number of benzene rings is 1. The number of carbonyl (C=O) groups is 5. The lowest BCUT2D eigenvalue weighted by atomic mass is 9.93. The van der Waals surface area contributed by atoms with E-state index < -0.39 is 47.6 Å². The van der Waals surface area contributed by atoms with Crippen LogP contribution in [0.3, 0.4) is 0 Å². The number of aromatic nitrogens is 1. The Kier molecular flexibility index (Phi) is 8.54. The zero-order valence-corrected chi connectivity index (χ0v) is 21.6. The second-order valence-electron chi connectivity index (χ2n) is 9.63. The fourth-order valence-corrected chi connectivity index (χ4v) is 4.44. The fraction of sp³-hybridized carbons (Fsp3) is 0.385. The number of hydrogen-bond acceptors (Lipinski definition) is 6. The van der Waals surface area contributed by atoms with E-state index in [-0.39, 0.29) is 46.2 Å². The van der Waals surface area contributed by atoms with Crippen molar-refractivity contribution in [2.24, 2.45) is 5.92 Å². The summed E-state index contributed by atoms with van der Waals surface area (Å²) in [6.07, 6.45) is 0.00366. The minimum atomic E-state index is -2.88. The summed E-state index contributed by atoms with van der Waals surface area (Å²) in [5.74, 6) is -4.26. The number of amides is 4. The molecule has 3 atom stereocenters. The second kappa shape index (κ2) is 11.9. The zero-order valence-electron chi connectivity index (χ0n) is 20.8. The first-order valence-electron chi connectivity index (χ1n) is 12.3. The Bertz CT molecular complexity index is 1320. The first kappa shape index (κ1) is 28.1. The van der Waals surface area contributed by atoms with E-state index in [1.807, 2.05) is 0 Å². The van der Waals surface area contributed by atoms with Crippen LogP contribution in [0, 0.1) is 5.92 Å². The number of ketones is 1. The highest BCUT2D eigenvalue weighted by molar-refractivity contribution is 6.38. The summed E-state index contributed by atoms with van der Waals surface area (Å²) in [7, 11) is 0. The van der Waals surface area contributed by atoms with Crippen LogP contribution in [0.25, 0.3) is 0 Å². The Labute approximate surface area is 227 Å². The Balaban J connectivity index is 1.56. The van der Waals surface area contributed by atoms with Crippen LogP contribution in [0.4, 0.5) is 14.5 Å². The molecule has 2 heterocycles. The monoisotopic (exact) mass is 561 g/mol. The highest BCUT2D eigenvalue weighted by Gasteiger charge is 2.37. The summed E-state index contributed by atoms with van der Waals surface area (Å²) in [4.78, 5) is 67.5. The van der Waals surface area contributed by atoms with E-state index in [0.717, 1.165) is 25.1 Å². The van der Waals surface area contributed by atoms with Crippen molar-refractivity contribution >= 4 is 46.7 Å². The third-order valence-corrected chi connectivity index (χ3v) is 6.65. The number of pyridine rings is 1. The Morgan fingerprint density at radius 3 is 2.51 bits per heavy atom.